The summed E-state index contributed by atoms with van der Waals surface area (Å²) in [5, 5.41) is 10.2. The highest BCUT2D eigenvalue weighted by Crippen LogP contribution is 2.41. The van der Waals surface area contributed by atoms with Crippen molar-refractivity contribution < 1.29 is 19.4 Å². The van der Waals surface area contributed by atoms with Crippen LogP contribution < -0.4 is 0 Å². The van der Waals surface area contributed by atoms with E-state index in [-0.39, 0.29) is 29.6 Å². The van der Waals surface area contributed by atoms with Gasteiger partial charge >= 0.3 is 12.2 Å². The monoisotopic (exact) mass is 442 g/mol. The lowest BCUT2D eigenvalue weighted by Gasteiger charge is -2.48. The molecule has 0 heterocycles. The SMILES string of the molecule is CCC(C(C)N(C(=O)O)C1CCCC[C@H]1C(C)(C)C)N(C)C(=O)OCC[Si](C)(C)C. The molecule has 0 saturated heterocycles. The molecule has 30 heavy (non-hydrogen) atoms. The Morgan fingerprint density at radius 1 is 1.17 bits per heavy atom. The lowest BCUT2D eigenvalue weighted by Crippen LogP contribution is -2.59. The van der Waals surface area contributed by atoms with E-state index in [4.69, 9.17) is 4.74 Å². The molecule has 0 aromatic rings. The van der Waals surface area contributed by atoms with E-state index in [1.54, 1.807) is 16.8 Å². The number of hydrogen-bond donors (Lipinski definition) is 1. The van der Waals surface area contributed by atoms with E-state index in [1.165, 1.54) is 0 Å². The predicted octanol–water partition coefficient (Wildman–Crippen LogP) is 6.15. The lowest BCUT2D eigenvalue weighted by molar-refractivity contribution is 0.00155. The van der Waals surface area contributed by atoms with Crippen molar-refractivity contribution in [2.45, 2.75) is 111 Å². The average Bonchev–Trinajstić information content (AvgIpc) is 2.60. The summed E-state index contributed by atoms with van der Waals surface area (Å²) in [5.74, 6) is 0.316. The van der Waals surface area contributed by atoms with Gasteiger partial charge in [-0.05, 0) is 43.6 Å². The molecule has 2 amide bonds. The Kier molecular flexibility index (Phi) is 9.71. The maximum absolute atomic E-state index is 12.7. The topological polar surface area (TPSA) is 70.1 Å². The molecule has 0 aromatic heterocycles. The second kappa shape index (κ2) is 10.9. The van der Waals surface area contributed by atoms with Crippen LogP contribution in [0, 0.1) is 11.3 Å². The Hall–Kier alpha value is -1.24. The van der Waals surface area contributed by atoms with E-state index in [1.807, 2.05) is 13.8 Å². The first-order valence-electron chi connectivity index (χ1n) is 11.6. The van der Waals surface area contributed by atoms with Crippen LogP contribution in [0.4, 0.5) is 9.59 Å². The van der Waals surface area contributed by atoms with Crippen molar-refractivity contribution in [3.8, 4) is 0 Å². The van der Waals surface area contributed by atoms with Crippen molar-refractivity contribution in [3.05, 3.63) is 0 Å². The van der Waals surface area contributed by atoms with Gasteiger partial charge in [-0.3, -0.25) is 0 Å². The fourth-order valence-electron chi connectivity index (χ4n) is 4.88. The van der Waals surface area contributed by atoms with Crippen molar-refractivity contribution in [3.63, 3.8) is 0 Å². The molecule has 1 saturated carbocycles. The molecule has 0 aromatic carbocycles. The summed E-state index contributed by atoms with van der Waals surface area (Å²) in [7, 11) is 0.461. The molecule has 1 N–H and O–H groups in total. The Morgan fingerprint density at radius 3 is 2.20 bits per heavy atom. The average molecular weight is 443 g/mol. The van der Waals surface area contributed by atoms with E-state index in [9.17, 15) is 14.7 Å². The normalized spacial score (nSPS) is 22.2. The number of likely N-dealkylation sites (N-methyl/N-ethyl adjacent to an activating group) is 1. The molecule has 3 unspecified atom stereocenters. The fraction of sp³-hybridized carbons (Fsp3) is 0.913. The first kappa shape index (κ1) is 26.8. The number of carboxylic acid groups (broad SMARTS) is 1. The van der Waals surface area contributed by atoms with Crippen molar-refractivity contribution in [2.24, 2.45) is 11.3 Å². The number of carbonyl (C=O) groups excluding carboxylic acids is 1. The Labute approximate surface area is 185 Å². The van der Waals surface area contributed by atoms with E-state index < -0.39 is 14.2 Å². The van der Waals surface area contributed by atoms with Gasteiger partial charge in [0, 0.05) is 21.2 Å². The van der Waals surface area contributed by atoms with Crippen LogP contribution in [0.25, 0.3) is 0 Å². The third kappa shape index (κ3) is 7.47. The molecule has 1 aliphatic carbocycles. The van der Waals surface area contributed by atoms with Gasteiger partial charge in [-0.15, -0.1) is 0 Å². The molecule has 4 atom stereocenters. The van der Waals surface area contributed by atoms with Gasteiger partial charge in [0.25, 0.3) is 0 Å². The molecule has 0 spiro atoms. The van der Waals surface area contributed by atoms with Crippen LogP contribution >= 0.6 is 0 Å². The molecule has 6 nitrogen and oxygen atoms in total. The first-order valence-corrected chi connectivity index (χ1v) is 15.3. The summed E-state index contributed by atoms with van der Waals surface area (Å²) < 4.78 is 5.53. The van der Waals surface area contributed by atoms with Gasteiger partial charge in [0.15, 0.2) is 0 Å². The molecule has 1 fully saturated rings. The summed E-state index contributed by atoms with van der Waals surface area (Å²) >= 11 is 0. The van der Waals surface area contributed by atoms with Crippen molar-refractivity contribution in [1.82, 2.24) is 9.80 Å². The second-order valence-electron chi connectivity index (χ2n) is 11.3. The minimum atomic E-state index is -1.28. The van der Waals surface area contributed by atoms with Gasteiger partial charge < -0.3 is 19.6 Å². The maximum atomic E-state index is 12.7. The Morgan fingerprint density at radius 2 is 1.73 bits per heavy atom. The molecular formula is C23H46N2O4Si. The van der Waals surface area contributed by atoms with E-state index in [0.29, 0.717) is 18.9 Å². The van der Waals surface area contributed by atoms with Gasteiger partial charge in [-0.2, -0.15) is 0 Å². The molecule has 7 heteroatoms. The van der Waals surface area contributed by atoms with Crippen LogP contribution in [0.2, 0.25) is 25.7 Å². The van der Waals surface area contributed by atoms with Crippen LogP contribution in [0.1, 0.15) is 66.7 Å². The number of nitrogens with zero attached hydrogens (tertiary/aromatic N) is 2. The highest BCUT2D eigenvalue weighted by atomic mass is 28.3. The number of ether oxygens (including phenoxy) is 1. The summed E-state index contributed by atoms with van der Waals surface area (Å²) in [4.78, 5) is 28.3. The summed E-state index contributed by atoms with van der Waals surface area (Å²) in [6, 6.07) is 0.393. The number of hydrogen-bond acceptors (Lipinski definition) is 3. The third-order valence-corrected chi connectivity index (χ3v) is 8.40. The van der Waals surface area contributed by atoms with Crippen LogP contribution in [0.5, 0.6) is 0 Å². The number of amides is 2. The highest BCUT2D eigenvalue weighted by Gasteiger charge is 2.43. The molecule has 0 bridgehead atoms. The van der Waals surface area contributed by atoms with E-state index in [2.05, 4.69) is 40.4 Å². The number of carbonyl (C=O) groups is 2. The van der Waals surface area contributed by atoms with E-state index in [0.717, 1.165) is 31.7 Å². The van der Waals surface area contributed by atoms with Crippen molar-refractivity contribution in [2.75, 3.05) is 13.7 Å². The van der Waals surface area contributed by atoms with Crippen LogP contribution in [0.15, 0.2) is 0 Å². The zero-order valence-corrected chi connectivity index (χ0v) is 21.8. The smallest absolute Gasteiger partial charge is 0.409 e. The fourth-order valence-corrected chi connectivity index (χ4v) is 5.59. The molecule has 1 aliphatic rings. The van der Waals surface area contributed by atoms with E-state index >= 15 is 0 Å². The Bertz CT molecular complexity index is 571. The molecular weight excluding hydrogens is 396 g/mol. The minimum Gasteiger partial charge on any atom is -0.465 e. The highest BCUT2D eigenvalue weighted by molar-refractivity contribution is 6.76. The van der Waals surface area contributed by atoms with Gasteiger partial charge in [-0.25, -0.2) is 9.59 Å². The Balaban J connectivity index is 3.00. The summed E-state index contributed by atoms with van der Waals surface area (Å²) in [6.45, 7) is 17.8. The quantitative estimate of drug-likeness (QED) is 0.458. The summed E-state index contributed by atoms with van der Waals surface area (Å²) in [6.07, 6.45) is 3.59. The molecule has 0 radical (unpaired) electrons. The molecule has 176 valence electrons. The lowest BCUT2D eigenvalue weighted by atomic mass is 9.69. The van der Waals surface area contributed by atoms with Crippen molar-refractivity contribution in [1.29, 1.82) is 0 Å². The maximum Gasteiger partial charge on any atom is 0.409 e. The number of rotatable bonds is 8. The zero-order valence-electron chi connectivity index (χ0n) is 20.8. The predicted molar refractivity (Wildman–Crippen MR) is 126 cm³/mol. The third-order valence-electron chi connectivity index (χ3n) is 6.70. The van der Waals surface area contributed by atoms with Crippen LogP contribution in [-0.2, 0) is 4.74 Å². The van der Waals surface area contributed by atoms with Crippen LogP contribution in [-0.4, -0.2) is 66.9 Å². The minimum absolute atomic E-state index is 0.0170. The van der Waals surface area contributed by atoms with Crippen molar-refractivity contribution >= 4 is 20.3 Å². The zero-order chi connectivity index (χ0) is 23.3. The first-order chi connectivity index (χ1) is 13.7. The standard InChI is InChI=1S/C23H46N2O4Si/c1-10-19(24(6)22(28)29-15-16-30(7,8)9)17(2)25(21(26)27)20-14-12-11-13-18(20)23(3,4)5/h17-20H,10-16H2,1-9H3,(H,26,27)/t17?,18-,19?,20?/m1/s1. The van der Waals surface area contributed by atoms with Gasteiger partial charge in [0.05, 0.1) is 18.7 Å². The largest absolute Gasteiger partial charge is 0.465 e. The summed E-state index contributed by atoms with van der Waals surface area (Å²) in [5.41, 5.74) is 0.0435. The van der Waals surface area contributed by atoms with Gasteiger partial charge in [0.1, 0.15) is 0 Å². The van der Waals surface area contributed by atoms with Crippen LogP contribution in [0.3, 0.4) is 0 Å². The van der Waals surface area contributed by atoms with Gasteiger partial charge in [-0.1, -0.05) is 60.2 Å². The molecule has 0 aliphatic heterocycles. The molecule has 1 rings (SSSR count). The van der Waals surface area contributed by atoms with Gasteiger partial charge in [0.2, 0.25) is 0 Å². The second-order valence-corrected chi connectivity index (χ2v) is 16.9.